The number of halogens is 1. The van der Waals surface area contributed by atoms with Crippen LogP contribution in [-0.4, -0.2) is 9.97 Å². The van der Waals surface area contributed by atoms with E-state index in [9.17, 15) is 4.79 Å². The zero-order chi connectivity index (χ0) is 10.4. The molecule has 0 unspecified atom stereocenters. The van der Waals surface area contributed by atoms with Crippen LogP contribution in [-0.2, 0) is 0 Å². The van der Waals surface area contributed by atoms with Crippen molar-refractivity contribution in [3.05, 3.63) is 45.8 Å². The number of hydrogen-bond donors (Lipinski definition) is 2. The number of H-pyrrole nitrogens is 2. The molecule has 2 heterocycles. The van der Waals surface area contributed by atoms with Crippen LogP contribution in [0.2, 0.25) is 5.15 Å². The Hall–Kier alpha value is -1.74. The number of benzene rings is 1. The lowest BCUT2D eigenvalue weighted by molar-refractivity contribution is 1.35. The van der Waals surface area contributed by atoms with E-state index in [0.717, 1.165) is 21.8 Å². The Kier molecular flexibility index (Phi) is 1.64. The molecule has 0 aliphatic carbocycles. The summed E-state index contributed by atoms with van der Waals surface area (Å²) in [7, 11) is 0. The first-order chi connectivity index (χ1) is 7.25. The highest BCUT2D eigenvalue weighted by molar-refractivity contribution is 6.35. The Morgan fingerprint density at radius 1 is 1.13 bits per heavy atom. The summed E-state index contributed by atoms with van der Waals surface area (Å²) in [6, 6.07) is 6.88. The minimum absolute atomic E-state index is 0.00541. The maximum absolute atomic E-state index is 11.2. The summed E-state index contributed by atoms with van der Waals surface area (Å²) in [5, 5.41) is 2.59. The lowest BCUT2D eigenvalue weighted by Gasteiger charge is -1.92. The van der Waals surface area contributed by atoms with Gasteiger partial charge < -0.3 is 9.97 Å². The standard InChI is InChI=1S/C11H7ClN2O/c12-11-10-8(3-4-13-11)7-2-1-6(15)5-9(7)14-10/h1-5,13-14H. The van der Waals surface area contributed by atoms with Gasteiger partial charge in [-0.3, -0.25) is 4.79 Å². The average Bonchev–Trinajstić information content (AvgIpc) is 2.57. The molecule has 0 saturated heterocycles. The molecule has 3 nitrogen and oxygen atoms in total. The van der Waals surface area contributed by atoms with Gasteiger partial charge in [-0.05, 0) is 18.2 Å². The number of pyridine rings is 1. The van der Waals surface area contributed by atoms with Gasteiger partial charge >= 0.3 is 0 Å². The van der Waals surface area contributed by atoms with Crippen molar-refractivity contribution >= 4 is 33.4 Å². The van der Waals surface area contributed by atoms with Crippen LogP contribution in [0.4, 0.5) is 0 Å². The number of aromatic nitrogens is 2. The van der Waals surface area contributed by atoms with Crippen molar-refractivity contribution in [2.24, 2.45) is 0 Å². The molecule has 0 fully saturated rings. The minimum atomic E-state index is -0.00541. The van der Waals surface area contributed by atoms with Crippen LogP contribution in [0.15, 0.2) is 35.3 Å². The highest BCUT2D eigenvalue weighted by Gasteiger charge is 2.06. The third-order valence-corrected chi connectivity index (χ3v) is 2.79. The Labute approximate surface area is 89.7 Å². The first kappa shape index (κ1) is 8.56. The molecule has 2 aromatic heterocycles. The lowest BCUT2D eigenvalue weighted by Crippen LogP contribution is -1.93. The molecule has 0 spiro atoms. The van der Waals surface area contributed by atoms with Gasteiger partial charge in [-0.15, -0.1) is 0 Å². The molecular formula is C11H7ClN2O. The fraction of sp³-hybridized carbons (Fsp3) is 0. The van der Waals surface area contributed by atoms with Gasteiger partial charge in [0.2, 0.25) is 0 Å². The van der Waals surface area contributed by atoms with Crippen LogP contribution in [0, 0.1) is 0 Å². The molecule has 0 aliphatic rings. The fourth-order valence-electron chi connectivity index (χ4n) is 1.81. The SMILES string of the molecule is O=c1ccc2c(c1)[nH]c1c(Cl)[nH]ccc12. The third kappa shape index (κ3) is 1.17. The molecule has 3 aromatic rings. The average molecular weight is 219 g/mol. The van der Waals surface area contributed by atoms with E-state index in [0.29, 0.717) is 5.15 Å². The van der Waals surface area contributed by atoms with Crippen LogP contribution in [0.5, 0.6) is 0 Å². The van der Waals surface area contributed by atoms with Gasteiger partial charge in [0.25, 0.3) is 0 Å². The van der Waals surface area contributed by atoms with E-state index < -0.39 is 0 Å². The van der Waals surface area contributed by atoms with Crippen molar-refractivity contribution in [3.63, 3.8) is 0 Å². The molecule has 0 atom stereocenters. The molecule has 0 saturated carbocycles. The zero-order valence-corrected chi connectivity index (χ0v) is 8.43. The highest BCUT2D eigenvalue weighted by atomic mass is 35.5. The van der Waals surface area contributed by atoms with Crippen LogP contribution in [0.3, 0.4) is 0 Å². The number of aromatic amines is 2. The number of rotatable bonds is 0. The molecule has 4 heteroatoms. The third-order valence-electron chi connectivity index (χ3n) is 2.49. The maximum atomic E-state index is 11.2. The van der Waals surface area contributed by atoms with Crippen molar-refractivity contribution in [1.82, 2.24) is 9.97 Å². The van der Waals surface area contributed by atoms with Crippen molar-refractivity contribution in [2.75, 3.05) is 0 Å². The van der Waals surface area contributed by atoms with E-state index in [1.54, 1.807) is 18.3 Å². The van der Waals surface area contributed by atoms with E-state index >= 15 is 0 Å². The summed E-state index contributed by atoms with van der Waals surface area (Å²) in [4.78, 5) is 17.2. The lowest BCUT2D eigenvalue weighted by atomic mass is 10.2. The van der Waals surface area contributed by atoms with E-state index in [4.69, 9.17) is 11.6 Å². The second kappa shape index (κ2) is 2.87. The van der Waals surface area contributed by atoms with Crippen LogP contribution in [0.25, 0.3) is 21.8 Å². The quantitative estimate of drug-likeness (QED) is 0.560. The van der Waals surface area contributed by atoms with Gasteiger partial charge in [0.05, 0.1) is 11.0 Å². The summed E-state index contributed by atoms with van der Waals surface area (Å²) in [5.41, 5.74) is 1.65. The summed E-state index contributed by atoms with van der Waals surface area (Å²) < 4.78 is 0. The van der Waals surface area contributed by atoms with Crippen molar-refractivity contribution in [3.8, 4) is 0 Å². The fourth-order valence-corrected chi connectivity index (χ4v) is 2.03. The molecular weight excluding hydrogens is 212 g/mol. The smallest absolute Gasteiger partial charge is 0.180 e. The van der Waals surface area contributed by atoms with Crippen LogP contribution in [0.1, 0.15) is 0 Å². The molecule has 0 aliphatic heterocycles. The van der Waals surface area contributed by atoms with Gasteiger partial charge in [-0.2, -0.15) is 0 Å². The second-order valence-electron chi connectivity index (χ2n) is 3.41. The molecule has 0 bridgehead atoms. The first-order valence-corrected chi connectivity index (χ1v) is 4.92. The van der Waals surface area contributed by atoms with E-state index in [1.165, 1.54) is 0 Å². The molecule has 2 N–H and O–H groups in total. The number of fused-ring (bicyclic) bond motifs is 3. The van der Waals surface area contributed by atoms with Gasteiger partial charge in [-0.1, -0.05) is 11.6 Å². The van der Waals surface area contributed by atoms with Gasteiger partial charge in [0.15, 0.2) is 5.43 Å². The van der Waals surface area contributed by atoms with E-state index in [2.05, 4.69) is 9.97 Å². The summed E-state index contributed by atoms with van der Waals surface area (Å²) in [6.07, 6.45) is 1.78. The Balaban J connectivity index is 2.63. The Morgan fingerprint density at radius 3 is 2.87 bits per heavy atom. The molecule has 15 heavy (non-hydrogen) atoms. The Morgan fingerprint density at radius 2 is 2.00 bits per heavy atom. The minimum Gasteiger partial charge on any atom is -0.352 e. The summed E-state index contributed by atoms with van der Waals surface area (Å²) >= 11 is 6.00. The van der Waals surface area contributed by atoms with Crippen molar-refractivity contribution in [2.45, 2.75) is 0 Å². The second-order valence-corrected chi connectivity index (χ2v) is 3.79. The zero-order valence-electron chi connectivity index (χ0n) is 7.67. The van der Waals surface area contributed by atoms with Crippen LogP contribution < -0.4 is 5.43 Å². The molecule has 1 aromatic carbocycles. The van der Waals surface area contributed by atoms with Gasteiger partial charge in [0, 0.05) is 23.0 Å². The molecule has 3 rings (SSSR count). The maximum Gasteiger partial charge on any atom is 0.180 e. The summed E-state index contributed by atoms with van der Waals surface area (Å²) in [6.45, 7) is 0. The normalized spacial score (nSPS) is 11.3. The monoisotopic (exact) mass is 218 g/mol. The van der Waals surface area contributed by atoms with E-state index in [1.807, 2.05) is 12.1 Å². The molecule has 74 valence electrons. The molecule has 0 radical (unpaired) electrons. The van der Waals surface area contributed by atoms with E-state index in [-0.39, 0.29) is 5.43 Å². The first-order valence-electron chi connectivity index (χ1n) is 4.54. The predicted molar refractivity (Wildman–Crippen MR) is 61.4 cm³/mol. The summed E-state index contributed by atoms with van der Waals surface area (Å²) in [5.74, 6) is 0. The van der Waals surface area contributed by atoms with Crippen LogP contribution >= 0.6 is 11.6 Å². The molecule has 0 amide bonds. The largest absolute Gasteiger partial charge is 0.352 e. The van der Waals surface area contributed by atoms with Crippen molar-refractivity contribution < 1.29 is 0 Å². The number of nitrogens with one attached hydrogen (secondary N) is 2. The Bertz CT molecular complexity index is 711. The topological polar surface area (TPSA) is 48.6 Å². The predicted octanol–water partition coefficient (Wildman–Crippen LogP) is 2.66. The number of hydrogen-bond acceptors (Lipinski definition) is 1. The van der Waals surface area contributed by atoms with Gasteiger partial charge in [0.1, 0.15) is 5.15 Å². The van der Waals surface area contributed by atoms with Gasteiger partial charge in [-0.25, -0.2) is 0 Å². The van der Waals surface area contributed by atoms with Crippen molar-refractivity contribution in [1.29, 1.82) is 0 Å². The highest BCUT2D eigenvalue weighted by Crippen LogP contribution is 2.27.